The largest absolute Gasteiger partial charge is 0.493 e. The normalized spacial score (nSPS) is 17.0. The summed E-state index contributed by atoms with van der Waals surface area (Å²) in [5.74, 6) is 1.22. The van der Waals surface area contributed by atoms with Crippen molar-refractivity contribution in [2.24, 2.45) is 7.05 Å². The van der Waals surface area contributed by atoms with Gasteiger partial charge in [0.1, 0.15) is 0 Å². The zero-order valence-electron chi connectivity index (χ0n) is 16.6. The van der Waals surface area contributed by atoms with E-state index in [0.717, 1.165) is 16.7 Å². The first-order valence-corrected chi connectivity index (χ1v) is 10.7. The molecule has 0 saturated heterocycles. The second kappa shape index (κ2) is 7.53. The molecule has 1 atom stereocenters. The van der Waals surface area contributed by atoms with Crippen LogP contribution in [-0.2, 0) is 23.5 Å². The average Bonchev–Trinajstić information content (AvgIpc) is 3.19. The third kappa shape index (κ3) is 3.28. The van der Waals surface area contributed by atoms with Crippen LogP contribution in [0, 0.1) is 0 Å². The number of aromatic nitrogens is 2. The van der Waals surface area contributed by atoms with Gasteiger partial charge < -0.3 is 9.47 Å². The molecule has 0 saturated carbocycles. The summed E-state index contributed by atoms with van der Waals surface area (Å²) in [6.45, 7) is 0.357. The lowest BCUT2D eigenvalue weighted by Gasteiger charge is -2.37. The number of rotatable bonds is 5. The molecule has 0 radical (unpaired) electrons. The second-order valence-electron chi connectivity index (χ2n) is 6.88. The van der Waals surface area contributed by atoms with Crippen molar-refractivity contribution in [2.75, 3.05) is 20.8 Å². The van der Waals surface area contributed by atoms with Crippen molar-refractivity contribution in [2.45, 2.75) is 17.5 Å². The first-order valence-electron chi connectivity index (χ1n) is 9.27. The molecule has 0 bridgehead atoms. The molecule has 0 N–H and O–H groups in total. The second-order valence-corrected chi connectivity index (χ2v) is 8.72. The fourth-order valence-electron chi connectivity index (χ4n) is 3.90. The van der Waals surface area contributed by atoms with Crippen molar-refractivity contribution in [1.29, 1.82) is 0 Å². The van der Waals surface area contributed by atoms with Gasteiger partial charge in [0.05, 0.1) is 26.5 Å². The topological polar surface area (TPSA) is 73.7 Å². The van der Waals surface area contributed by atoms with Crippen LogP contribution in [0.1, 0.15) is 22.7 Å². The molecule has 0 amide bonds. The molecule has 7 nitrogen and oxygen atoms in total. The SMILES string of the molecule is COc1cc2c(cc1OC)[C@H](c1ccccc1)N(S(=O)(=O)c1ccnn1C)CC2. The number of fused-ring (bicyclic) bond motifs is 1. The zero-order chi connectivity index (χ0) is 20.6. The van der Waals surface area contributed by atoms with E-state index in [1.54, 1.807) is 25.6 Å². The van der Waals surface area contributed by atoms with E-state index in [1.807, 2.05) is 42.5 Å². The minimum absolute atomic E-state index is 0.169. The van der Waals surface area contributed by atoms with Gasteiger partial charge in [-0.15, -0.1) is 0 Å². The van der Waals surface area contributed by atoms with Crippen LogP contribution in [0.3, 0.4) is 0 Å². The Labute approximate surface area is 170 Å². The van der Waals surface area contributed by atoms with Crippen molar-refractivity contribution >= 4 is 10.0 Å². The lowest BCUT2D eigenvalue weighted by molar-refractivity contribution is 0.330. The van der Waals surface area contributed by atoms with Crippen molar-refractivity contribution in [3.8, 4) is 11.5 Å². The highest BCUT2D eigenvalue weighted by Crippen LogP contribution is 2.42. The molecule has 0 spiro atoms. The number of benzene rings is 2. The van der Waals surface area contributed by atoms with E-state index in [2.05, 4.69) is 5.10 Å². The first kappa shape index (κ1) is 19.5. The summed E-state index contributed by atoms with van der Waals surface area (Å²) in [5, 5.41) is 4.21. The van der Waals surface area contributed by atoms with Crippen LogP contribution >= 0.6 is 0 Å². The Morgan fingerprint density at radius 3 is 2.34 bits per heavy atom. The smallest absolute Gasteiger partial charge is 0.261 e. The summed E-state index contributed by atoms with van der Waals surface area (Å²) in [5.41, 5.74) is 2.84. The molecule has 29 heavy (non-hydrogen) atoms. The van der Waals surface area contributed by atoms with Crippen LogP contribution in [0.15, 0.2) is 59.8 Å². The van der Waals surface area contributed by atoms with Crippen LogP contribution < -0.4 is 9.47 Å². The number of aryl methyl sites for hydroxylation is 1. The van der Waals surface area contributed by atoms with Gasteiger partial charge in [0.25, 0.3) is 10.0 Å². The molecule has 1 aromatic heterocycles. The Bertz CT molecular complexity index is 1130. The lowest BCUT2D eigenvalue weighted by atomic mass is 9.89. The molecule has 1 aliphatic rings. The van der Waals surface area contributed by atoms with Crippen molar-refractivity contribution in [3.05, 3.63) is 71.4 Å². The fraction of sp³-hybridized carbons (Fsp3) is 0.286. The maximum absolute atomic E-state index is 13.5. The van der Waals surface area contributed by atoms with E-state index in [-0.39, 0.29) is 5.03 Å². The van der Waals surface area contributed by atoms with E-state index in [1.165, 1.54) is 16.9 Å². The number of sulfonamides is 1. The van der Waals surface area contributed by atoms with Crippen LogP contribution in [0.2, 0.25) is 0 Å². The maximum Gasteiger partial charge on any atom is 0.261 e. The van der Waals surface area contributed by atoms with Crippen LogP contribution in [0.4, 0.5) is 0 Å². The van der Waals surface area contributed by atoms with Crippen molar-refractivity contribution in [1.82, 2.24) is 14.1 Å². The van der Waals surface area contributed by atoms with E-state index in [9.17, 15) is 8.42 Å². The summed E-state index contributed by atoms with van der Waals surface area (Å²) in [6.07, 6.45) is 2.08. The van der Waals surface area contributed by atoms with Gasteiger partial charge in [-0.3, -0.25) is 4.68 Å². The number of methoxy groups -OCH3 is 2. The van der Waals surface area contributed by atoms with Gasteiger partial charge in [0.2, 0.25) is 0 Å². The number of nitrogens with zero attached hydrogens (tertiary/aromatic N) is 3. The van der Waals surface area contributed by atoms with Crippen LogP contribution in [0.25, 0.3) is 0 Å². The summed E-state index contributed by atoms with van der Waals surface area (Å²) < 4.78 is 41.0. The first-order chi connectivity index (χ1) is 14.0. The predicted molar refractivity (Wildman–Crippen MR) is 109 cm³/mol. The van der Waals surface area contributed by atoms with Gasteiger partial charge in [-0.25, -0.2) is 8.42 Å². The highest BCUT2D eigenvalue weighted by Gasteiger charge is 2.39. The molecule has 152 valence electrons. The van der Waals surface area contributed by atoms with Gasteiger partial charge in [0.15, 0.2) is 16.5 Å². The molecule has 8 heteroatoms. The highest BCUT2D eigenvalue weighted by molar-refractivity contribution is 7.89. The summed E-state index contributed by atoms with van der Waals surface area (Å²) >= 11 is 0. The maximum atomic E-state index is 13.5. The highest BCUT2D eigenvalue weighted by atomic mass is 32.2. The quantitative estimate of drug-likeness (QED) is 0.643. The minimum Gasteiger partial charge on any atom is -0.493 e. The van der Waals surface area contributed by atoms with E-state index >= 15 is 0 Å². The zero-order valence-corrected chi connectivity index (χ0v) is 17.4. The van der Waals surface area contributed by atoms with Crippen LogP contribution in [0.5, 0.6) is 11.5 Å². The fourth-order valence-corrected chi connectivity index (χ4v) is 5.60. The molecule has 2 aromatic carbocycles. The molecular formula is C21H23N3O4S. The Morgan fingerprint density at radius 2 is 1.72 bits per heavy atom. The van der Waals surface area contributed by atoms with E-state index < -0.39 is 16.1 Å². The van der Waals surface area contributed by atoms with Gasteiger partial charge >= 0.3 is 0 Å². The molecule has 0 fully saturated rings. The van der Waals surface area contributed by atoms with Crippen LogP contribution in [-0.4, -0.2) is 43.3 Å². The van der Waals surface area contributed by atoms with Crippen molar-refractivity contribution in [3.63, 3.8) is 0 Å². The molecular weight excluding hydrogens is 390 g/mol. The molecule has 2 heterocycles. The summed E-state index contributed by atoms with van der Waals surface area (Å²) in [6, 6.07) is 14.5. The lowest BCUT2D eigenvalue weighted by Crippen LogP contribution is -2.41. The molecule has 1 aliphatic heterocycles. The Kier molecular flexibility index (Phi) is 5.06. The average molecular weight is 413 g/mol. The van der Waals surface area contributed by atoms with Gasteiger partial charge in [0, 0.05) is 13.6 Å². The summed E-state index contributed by atoms with van der Waals surface area (Å²) in [7, 11) is 1.05. The summed E-state index contributed by atoms with van der Waals surface area (Å²) in [4.78, 5) is 0. The predicted octanol–water partition coefficient (Wildman–Crippen LogP) is 2.77. The van der Waals surface area contributed by atoms with Gasteiger partial charge in [-0.1, -0.05) is 30.3 Å². The number of hydrogen-bond acceptors (Lipinski definition) is 5. The number of hydrogen-bond donors (Lipinski definition) is 0. The van der Waals surface area contributed by atoms with Crippen molar-refractivity contribution < 1.29 is 17.9 Å². The monoisotopic (exact) mass is 413 g/mol. The van der Waals surface area contributed by atoms with Gasteiger partial charge in [-0.2, -0.15) is 9.40 Å². The van der Waals surface area contributed by atoms with E-state index in [0.29, 0.717) is 24.5 Å². The molecule has 3 aromatic rings. The Hall–Kier alpha value is -2.84. The third-order valence-corrected chi connectivity index (χ3v) is 7.23. The molecule has 0 unspecified atom stereocenters. The number of ether oxygens (including phenoxy) is 2. The van der Waals surface area contributed by atoms with Gasteiger partial charge in [-0.05, 0) is 41.3 Å². The standard InChI is InChI=1S/C21H23N3O4S/c1-23-20(9-11-22-23)29(25,26)24-12-10-16-13-18(27-2)19(28-3)14-17(16)21(24)15-7-5-4-6-8-15/h4-9,11,13-14,21H,10,12H2,1-3H3/t21-/m0/s1. The Balaban J connectivity index is 1.92. The third-order valence-electron chi connectivity index (χ3n) is 5.29. The minimum atomic E-state index is -3.76. The molecule has 4 rings (SSSR count). The Morgan fingerprint density at radius 1 is 1.03 bits per heavy atom. The van der Waals surface area contributed by atoms with E-state index in [4.69, 9.17) is 9.47 Å². The molecule has 0 aliphatic carbocycles.